The highest BCUT2D eigenvalue weighted by molar-refractivity contribution is 5.90. The van der Waals surface area contributed by atoms with Crippen molar-refractivity contribution in [3.63, 3.8) is 0 Å². The molecule has 2 aromatic rings. The van der Waals surface area contributed by atoms with Crippen molar-refractivity contribution in [1.29, 1.82) is 0 Å². The number of benzene rings is 1. The van der Waals surface area contributed by atoms with Gasteiger partial charge in [-0.25, -0.2) is 4.98 Å². The summed E-state index contributed by atoms with van der Waals surface area (Å²) in [6.07, 6.45) is 3.03. The Morgan fingerprint density at radius 2 is 2.12 bits per heavy atom. The maximum atomic E-state index is 10.9. The summed E-state index contributed by atoms with van der Waals surface area (Å²) in [6.45, 7) is -0.0709. The van der Waals surface area contributed by atoms with Gasteiger partial charge >= 0.3 is 0 Å². The highest BCUT2D eigenvalue weighted by Crippen LogP contribution is 2.17. The number of aromatic nitrogens is 2. The van der Waals surface area contributed by atoms with Crippen LogP contribution in [0.2, 0.25) is 0 Å². The second-order valence-corrected chi connectivity index (χ2v) is 3.68. The lowest BCUT2D eigenvalue weighted by molar-refractivity contribution is 0.0996. The summed E-state index contributed by atoms with van der Waals surface area (Å²) in [5.41, 5.74) is 6.27. The van der Waals surface area contributed by atoms with Crippen LogP contribution in [0.4, 0.5) is 0 Å². The molecule has 0 saturated heterocycles. The summed E-state index contributed by atoms with van der Waals surface area (Å²) >= 11 is 0. The summed E-state index contributed by atoms with van der Waals surface area (Å²) in [5, 5.41) is 9.42. The van der Waals surface area contributed by atoms with Gasteiger partial charge in [0.1, 0.15) is 5.69 Å². The van der Waals surface area contributed by atoms with Crippen LogP contribution in [0.1, 0.15) is 22.1 Å². The molecular weight excluding hydrogens is 218 g/mol. The highest BCUT2D eigenvalue weighted by atomic mass is 16.3. The van der Waals surface area contributed by atoms with Crippen molar-refractivity contribution in [2.75, 3.05) is 6.61 Å². The Morgan fingerprint density at radius 3 is 2.65 bits per heavy atom. The highest BCUT2D eigenvalue weighted by Gasteiger charge is 2.14. The second kappa shape index (κ2) is 4.80. The third kappa shape index (κ3) is 2.34. The molecule has 0 aliphatic carbocycles. The molecule has 0 aliphatic rings. The fourth-order valence-electron chi connectivity index (χ4n) is 1.68. The smallest absolute Gasteiger partial charge is 0.268 e. The van der Waals surface area contributed by atoms with E-state index in [1.807, 2.05) is 30.3 Å². The summed E-state index contributed by atoms with van der Waals surface area (Å²) < 4.78 is 1.68. The average Bonchev–Trinajstić information content (AvgIpc) is 2.81. The molecule has 5 heteroatoms. The number of amides is 1. The number of primary amides is 1. The van der Waals surface area contributed by atoms with E-state index in [0.717, 1.165) is 5.56 Å². The number of hydrogen-bond donors (Lipinski definition) is 2. The van der Waals surface area contributed by atoms with Crippen LogP contribution in [0.5, 0.6) is 0 Å². The molecule has 1 aromatic heterocycles. The topological polar surface area (TPSA) is 81.1 Å². The van der Waals surface area contributed by atoms with Crippen molar-refractivity contribution < 1.29 is 9.90 Å². The molecule has 0 radical (unpaired) electrons. The molecule has 1 atom stereocenters. The first kappa shape index (κ1) is 11.3. The van der Waals surface area contributed by atoms with Gasteiger partial charge in [0.25, 0.3) is 5.91 Å². The van der Waals surface area contributed by atoms with Crippen LogP contribution in [0.25, 0.3) is 0 Å². The first-order valence-corrected chi connectivity index (χ1v) is 5.21. The first-order valence-electron chi connectivity index (χ1n) is 5.21. The largest absolute Gasteiger partial charge is 0.394 e. The molecule has 3 N–H and O–H groups in total. The average molecular weight is 231 g/mol. The fourth-order valence-corrected chi connectivity index (χ4v) is 1.68. The van der Waals surface area contributed by atoms with E-state index in [0.29, 0.717) is 0 Å². The number of rotatable bonds is 4. The van der Waals surface area contributed by atoms with Gasteiger partial charge in [-0.2, -0.15) is 0 Å². The fraction of sp³-hybridized carbons (Fsp3) is 0.167. The van der Waals surface area contributed by atoms with Gasteiger partial charge < -0.3 is 15.4 Å². The molecule has 5 nitrogen and oxygen atoms in total. The Balaban J connectivity index is 2.32. The van der Waals surface area contributed by atoms with Gasteiger partial charge in [0.2, 0.25) is 0 Å². The van der Waals surface area contributed by atoms with Gasteiger partial charge in [-0.1, -0.05) is 30.3 Å². The molecule has 88 valence electrons. The minimum absolute atomic E-state index is 0.0709. The van der Waals surface area contributed by atoms with Crippen molar-refractivity contribution in [2.45, 2.75) is 6.04 Å². The maximum absolute atomic E-state index is 10.9. The zero-order valence-corrected chi connectivity index (χ0v) is 9.15. The number of hydrogen-bond acceptors (Lipinski definition) is 3. The van der Waals surface area contributed by atoms with E-state index in [9.17, 15) is 9.90 Å². The normalized spacial score (nSPS) is 12.3. The van der Waals surface area contributed by atoms with E-state index in [2.05, 4.69) is 4.98 Å². The van der Waals surface area contributed by atoms with Crippen LogP contribution in [0.15, 0.2) is 42.9 Å². The zero-order chi connectivity index (χ0) is 12.3. The molecule has 0 bridgehead atoms. The summed E-state index contributed by atoms with van der Waals surface area (Å²) in [4.78, 5) is 14.8. The van der Waals surface area contributed by atoms with E-state index >= 15 is 0 Å². The van der Waals surface area contributed by atoms with Crippen molar-refractivity contribution in [3.8, 4) is 0 Å². The van der Waals surface area contributed by atoms with Crippen LogP contribution in [-0.2, 0) is 0 Å². The molecule has 0 spiro atoms. The van der Waals surface area contributed by atoms with Crippen LogP contribution >= 0.6 is 0 Å². The minimum Gasteiger partial charge on any atom is -0.394 e. The van der Waals surface area contributed by atoms with E-state index in [1.54, 1.807) is 4.57 Å². The molecule has 1 unspecified atom stereocenters. The Hall–Kier alpha value is -2.14. The van der Waals surface area contributed by atoms with Gasteiger partial charge in [0.05, 0.1) is 19.0 Å². The second-order valence-electron chi connectivity index (χ2n) is 3.68. The lowest BCUT2D eigenvalue weighted by Gasteiger charge is -2.15. The predicted octanol–water partition coefficient (Wildman–Crippen LogP) is 0.564. The monoisotopic (exact) mass is 231 g/mol. The number of aliphatic hydroxyl groups excluding tert-OH is 1. The SMILES string of the molecule is NC(=O)c1cn(C(CO)c2ccccc2)cn1. The van der Waals surface area contributed by atoms with Gasteiger partial charge in [0.15, 0.2) is 0 Å². The van der Waals surface area contributed by atoms with Crippen LogP contribution in [0, 0.1) is 0 Å². The molecule has 0 saturated carbocycles. The zero-order valence-electron chi connectivity index (χ0n) is 9.15. The van der Waals surface area contributed by atoms with Crippen molar-refractivity contribution >= 4 is 5.91 Å². The molecule has 1 heterocycles. The Kier molecular flexibility index (Phi) is 3.20. The first-order chi connectivity index (χ1) is 8.22. The van der Waals surface area contributed by atoms with Gasteiger partial charge in [-0.15, -0.1) is 0 Å². The molecule has 0 aliphatic heterocycles. The molecule has 2 rings (SSSR count). The summed E-state index contributed by atoms with van der Waals surface area (Å²) in [6, 6.07) is 9.25. The lowest BCUT2D eigenvalue weighted by Crippen LogP contribution is -2.14. The third-order valence-corrected chi connectivity index (χ3v) is 2.57. The van der Waals surface area contributed by atoms with Crippen molar-refractivity contribution in [1.82, 2.24) is 9.55 Å². The van der Waals surface area contributed by atoms with Crippen molar-refractivity contribution in [3.05, 3.63) is 54.1 Å². The van der Waals surface area contributed by atoms with Crippen LogP contribution in [-0.4, -0.2) is 27.2 Å². The number of nitrogens with two attached hydrogens (primary N) is 1. The Labute approximate surface area is 98.5 Å². The van der Waals surface area contributed by atoms with E-state index in [4.69, 9.17) is 5.73 Å². The Bertz CT molecular complexity index is 507. The van der Waals surface area contributed by atoms with Gasteiger partial charge in [-0.3, -0.25) is 4.79 Å². The molecule has 17 heavy (non-hydrogen) atoms. The maximum Gasteiger partial charge on any atom is 0.268 e. The quantitative estimate of drug-likeness (QED) is 0.806. The number of nitrogens with zero attached hydrogens (tertiary/aromatic N) is 2. The number of imidazole rings is 1. The molecule has 0 fully saturated rings. The van der Waals surface area contributed by atoms with Gasteiger partial charge in [-0.05, 0) is 5.56 Å². The lowest BCUT2D eigenvalue weighted by atomic mass is 10.1. The molecule has 1 aromatic carbocycles. The minimum atomic E-state index is -0.575. The standard InChI is InChI=1S/C12H13N3O2/c13-12(17)10-6-15(8-14-10)11(7-16)9-4-2-1-3-5-9/h1-6,8,11,16H,7H2,(H2,13,17). The molecule has 1 amide bonds. The molecular formula is C12H13N3O2. The van der Waals surface area contributed by atoms with Crippen molar-refractivity contribution in [2.24, 2.45) is 5.73 Å². The number of aliphatic hydroxyl groups is 1. The summed E-state index contributed by atoms with van der Waals surface area (Å²) in [7, 11) is 0. The third-order valence-electron chi connectivity index (χ3n) is 2.57. The number of carbonyl (C=O) groups excluding carboxylic acids is 1. The van der Waals surface area contributed by atoms with E-state index in [-0.39, 0.29) is 18.3 Å². The summed E-state index contributed by atoms with van der Waals surface area (Å²) in [5.74, 6) is -0.575. The van der Waals surface area contributed by atoms with Crippen LogP contribution in [0.3, 0.4) is 0 Å². The van der Waals surface area contributed by atoms with Crippen LogP contribution < -0.4 is 5.73 Å². The van der Waals surface area contributed by atoms with E-state index in [1.165, 1.54) is 12.5 Å². The van der Waals surface area contributed by atoms with E-state index < -0.39 is 5.91 Å². The predicted molar refractivity (Wildman–Crippen MR) is 62.4 cm³/mol. The van der Waals surface area contributed by atoms with Gasteiger partial charge in [0, 0.05) is 6.20 Å². The Morgan fingerprint density at radius 1 is 1.41 bits per heavy atom. The number of carbonyl (C=O) groups is 1.